The van der Waals surface area contributed by atoms with Crippen molar-refractivity contribution >= 4 is 27.2 Å². The fourth-order valence-electron chi connectivity index (χ4n) is 3.73. The van der Waals surface area contributed by atoms with Crippen LogP contribution in [0.25, 0.3) is 22.2 Å². The number of methoxy groups -OCH3 is 1. The zero-order valence-corrected chi connectivity index (χ0v) is 17.5. The molecule has 0 fully saturated rings. The number of hydrogen-bond acceptors (Lipinski definition) is 4. The van der Waals surface area contributed by atoms with Gasteiger partial charge in [-0.1, -0.05) is 42.0 Å². The molecule has 0 saturated heterocycles. The second kappa shape index (κ2) is 7.80. The first-order chi connectivity index (χ1) is 14.5. The van der Waals surface area contributed by atoms with E-state index in [4.69, 9.17) is 4.74 Å². The first-order valence-corrected chi connectivity index (χ1v) is 10.9. The minimum atomic E-state index is -3.87. The predicted octanol–water partition coefficient (Wildman–Crippen LogP) is 4.60. The highest BCUT2D eigenvalue weighted by atomic mass is 32.2. The van der Waals surface area contributed by atoms with Crippen molar-refractivity contribution in [3.8, 4) is 17.0 Å². The molecule has 152 valence electrons. The highest BCUT2D eigenvalue weighted by molar-refractivity contribution is 7.90. The molecule has 1 heterocycles. The Balaban J connectivity index is 2.09. The zero-order valence-electron chi connectivity index (χ0n) is 16.7. The number of para-hydroxylation sites is 1. The fraction of sp³-hybridized carbons (Fsp3) is 0.125. The van der Waals surface area contributed by atoms with E-state index in [0.717, 1.165) is 17.2 Å². The monoisotopic (exact) mass is 419 g/mol. The molecule has 0 spiro atoms. The quantitative estimate of drug-likeness (QED) is 0.428. The number of aldehydes is 1. The van der Waals surface area contributed by atoms with E-state index in [0.29, 0.717) is 28.1 Å². The second-order valence-corrected chi connectivity index (χ2v) is 8.83. The van der Waals surface area contributed by atoms with Crippen LogP contribution in [0.2, 0.25) is 0 Å². The van der Waals surface area contributed by atoms with E-state index in [9.17, 15) is 13.2 Å². The highest BCUT2D eigenvalue weighted by Crippen LogP contribution is 2.38. The summed E-state index contributed by atoms with van der Waals surface area (Å²) in [5.74, 6) is 0.494. The van der Waals surface area contributed by atoms with Gasteiger partial charge in [-0.15, -0.1) is 0 Å². The number of aromatic nitrogens is 1. The van der Waals surface area contributed by atoms with Gasteiger partial charge in [0, 0.05) is 22.9 Å². The molecular formula is C24H21NO4S. The van der Waals surface area contributed by atoms with Gasteiger partial charge in [0.1, 0.15) is 12.0 Å². The minimum Gasteiger partial charge on any atom is -0.496 e. The smallest absolute Gasteiger partial charge is 0.268 e. The fourth-order valence-corrected chi connectivity index (χ4v) is 5.28. The Kier molecular flexibility index (Phi) is 5.18. The van der Waals surface area contributed by atoms with Crippen molar-refractivity contribution in [3.05, 3.63) is 83.9 Å². The topological polar surface area (TPSA) is 65.4 Å². The number of benzene rings is 3. The number of nitrogens with zero attached hydrogens (tertiary/aromatic N) is 1. The number of carbonyl (C=O) groups is 1. The maximum atomic E-state index is 13.7. The van der Waals surface area contributed by atoms with Crippen LogP contribution in [0.15, 0.2) is 77.7 Å². The van der Waals surface area contributed by atoms with E-state index < -0.39 is 10.0 Å². The number of ether oxygens (including phenoxy) is 1. The average Bonchev–Trinajstić information content (AvgIpc) is 3.13. The third kappa shape index (κ3) is 3.29. The van der Waals surface area contributed by atoms with Crippen molar-refractivity contribution in [2.75, 3.05) is 7.11 Å². The molecule has 3 aromatic carbocycles. The molecule has 0 aliphatic heterocycles. The third-order valence-electron chi connectivity index (χ3n) is 5.07. The normalized spacial score (nSPS) is 11.5. The number of hydrogen-bond donors (Lipinski definition) is 0. The summed E-state index contributed by atoms with van der Waals surface area (Å²) >= 11 is 0. The van der Waals surface area contributed by atoms with Crippen LogP contribution in [0.5, 0.6) is 5.75 Å². The summed E-state index contributed by atoms with van der Waals surface area (Å²) in [4.78, 5) is 11.3. The van der Waals surface area contributed by atoms with E-state index >= 15 is 0 Å². The molecule has 30 heavy (non-hydrogen) atoms. The summed E-state index contributed by atoms with van der Waals surface area (Å²) < 4.78 is 34.3. The van der Waals surface area contributed by atoms with Crippen LogP contribution in [-0.2, 0) is 21.2 Å². The SMILES string of the molecule is COc1c(CC=O)cccc1-c1cc2cc(C)ccc2n1S(=O)(=O)c1ccccc1. The summed E-state index contributed by atoms with van der Waals surface area (Å²) in [6, 6.07) is 21.3. The number of aryl methyl sites for hydroxylation is 1. The molecule has 0 radical (unpaired) electrons. The van der Waals surface area contributed by atoms with Crippen molar-refractivity contribution in [1.82, 2.24) is 3.97 Å². The summed E-state index contributed by atoms with van der Waals surface area (Å²) in [7, 11) is -2.35. The van der Waals surface area contributed by atoms with E-state index in [1.807, 2.05) is 37.3 Å². The Labute approximate surface area is 175 Å². The first kappa shape index (κ1) is 19.9. The van der Waals surface area contributed by atoms with Crippen LogP contribution in [0.4, 0.5) is 0 Å². The van der Waals surface area contributed by atoms with Gasteiger partial charge in [0.15, 0.2) is 0 Å². The molecule has 1 aromatic heterocycles. The standard InChI is InChI=1S/C24H21NO4S/c1-17-11-12-22-19(15-17)16-23(21-10-6-7-18(13-14-26)24(21)29-2)25(22)30(27,28)20-8-4-3-5-9-20/h3-12,14-16H,13H2,1-2H3. The molecule has 0 atom stereocenters. The van der Waals surface area contributed by atoms with Gasteiger partial charge >= 0.3 is 0 Å². The van der Waals surface area contributed by atoms with Crippen LogP contribution >= 0.6 is 0 Å². The van der Waals surface area contributed by atoms with Gasteiger partial charge in [0.25, 0.3) is 10.0 Å². The maximum absolute atomic E-state index is 13.7. The lowest BCUT2D eigenvalue weighted by atomic mass is 10.0. The first-order valence-electron chi connectivity index (χ1n) is 9.50. The van der Waals surface area contributed by atoms with E-state index in [1.165, 1.54) is 11.1 Å². The molecule has 0 amide bonds. The van der Waals surface area contributed by atoms with Gasteiger partial charge in [-0.25, -0.2) is 12.4 Å². The number of carbonyl (C=O) groups excluding carboxylic acids is 1. The Morgan fingerprint density at radius 3 is 2.43 bits per heavy atom. The van der Waals surface area contributed by atoms with Gasteiger partial charge in [-0.2, -0.15) is 0 Å². The molecule has 5 nitrogen and oxygen atoms in total. The number of fused-ring (bicyclic) bond motifs is 1. The Morgan fingerprint density at radius 1 is 0.967 bits per heavy atom. The van der Waals surface area contributed by atoms with Crippen LogP contribution in [-0.4, -0.2) is 25.8 Å². The average molecular weight is 420 g/mol. The highest BCUT2D eigenvalue weighted by Gasteiger charge is 2.25. The van der Waals surface area contributed by atoms with Gasteiger partial charge in [0.2, 0.25) is 0 Å². The summed E-state index contributed by atoms with van der Waals surface area (Å²) in [5, 5.41) is 0.812. The van der Waals surface area contributed by atoms with Crippen LogP contribution in [0.3, 0.4) is 0 Å². The second-order valence-electron chi connectivity index (χ2n) is 7.04. The van der Waals surface area contributed by atoms with E-state index in [-0.39, 0.29) is 11.3 Å². The van der Waals surface area contributed by atoms with Crippen molar-refractivity contribution in [3.63, 3.8) is 0 Å². The molecule has 0 N–H and O–H groups in total. The molecule has 4 rings (SSSR count). The van der Waals surface area contributed by atoms with Gasteiger partial charge < -0.3 is 9.53 Å². The van der Waals surface area contributed by atoms with Gasteiger partial charge in [0.05, 0.1) is 23.2 Å². The lowest BCUT2D eigenvalue weighted by Crippen LogP contribution is -2.14. The van der Waals surface area contributed by atoms with E-state index in [2.05, 4.69) is 0 Å². The number of rotatable bonds is 6. The molecular weight excluding hydrogens is 398 g/mol. The maximum Gasteiger partial charge on any atom is 0.268 e. The molecule has 0 aliphatic rings. The Bertz CT molecular complexity index is 1340. The molecule has 0 aliphatic carbocycles. The lowest BCUT2D eigenvalue weighted by molar-refractivity contribution is -0.107. The van der Waals surface area contributed by atoms with Gasteiger partial charge in [-0.3, -0.25) is 0 Å². The largest absolute Gasteiger partial charge is 0.496 e. The van der Waals surface area contributed by atoms with Crippen LogP contribution < -0.4 is 4.74 Å². The van der Waals surface area contributed by atoms with Crippen LogP contribution in [0, 0.1) is 6.92 Å². The molecule has 0 bridgehead atoms. The summed E-state index contributed by atoms with van der Waals surface area (Å²) in [5.41, 5.74) is 3.43. The van der Waals surface area contributed by atoms with Crippen molar-refractivity contribution in [2.24, 2.45) is 0 Å². The van der Waals surface area contributed by atoms with Crippen molar-refractivity contribution in [1.29, 1.82) is 0 Å². The van der Waals surface area contributed by atoms with E-state index in [1.54, 1.807) is 42.5 Å². The predicted molar refractivity (Wildman–Crippen MR) is 117 cm³/mol. The minimum absolute atomic E-state index is 0.182. The Morgan fingerprint density at radius 2 is 1.73 bits per heavy atom. The molecule has 4 aromatic rings. The Hall–Kier alpha value is -3.38. The summed E-state index contributed by atoms with van der Waals surface area (Å²) in [6.45, 7) is 1.97. The zero-order chi connectivity index (χ0) is 21.3. The van der Waals surface area contributed by atoms with Crippen molar-refractivity contribution < 1.29 is 17.9 Å². The lowest BCUT2D eigenvalue weighted by Gasteiger charge is -2.16. The third-order valence-corrected chi connectivity index (χ3v) is 6.82. The molecule has 0 saturated carbocycles. The molecule has 6 heteroatoms. The van der Waals surface area contributed by atoms with Crippen molar-refractivity contribution in [2.45, 2.75) is 18.2 Å². The van der Waals surface area contributed by atoms with Crippen LogP contribution in [0.1, 0.15) is 11.1 Å². The summed E-state index contributed by atoms with van der Waals surface area (Å²) in [6.07, 6.45) is 0.989. The molecule has 0 unspecified atom stereocenters. The van der Waals surface area contributed by atoms with Gasteiger partial charge in [-0.05, 0) is 43.3 Å².